The molecule has 4 N–H and O–H groups in total. The highest BCUT2D eigenvalue weighted by Crippen LogP contribution is 2.27. The summed E-state index contributed by atoms with van der Waals surface area (Å²) in [7, 11) is 1.54. The van der Waals surface area contributed by atoms with Crippen LogP contribution in [0.5, 0.6) is 5.75 Å². The molecule has 1 rings (SSSR count). The first kappa shape index (κ1) is 13.5. The van der Waals surface area contributed by atoms with E-state index in [0.29, 0.717) is 16.5 Å². The molecule has 7 heteroatoms. The first-order valence-electron chi connectivity index (χ1n) is 4.69. The van der Waals surface area contributed by atoms with Crippen LogP contribution in [0.1, 0.15) is 0 Å². The predicted molar refractivity (Wildman–Crippen MR) is 71.4 cm³/mol. The topological polar surface area (TPSA) is 76.4 Å². The zero-order chi connectivity index (χ0) is 12.8. The van der Waals surface area contributed by atoms with Crippen LogP contribution in [-0.2, 0) is 4.79 Å². The number of methoxy groups -OCH3 is 1. The lowest BCUT2D eigenvalue weighted by Gasteiger charge is -2.12. The van der Waals surface area contributed by atoms with Gasteiger partial charge in [-0.3, -0.25) is 4.79 Å². The van der Waals surface area contributed by atoms with Crippen molar-refractivity contribution in [2.45, 2.75) is 0 Å². The lowest BCUT2D eigenvalue weighted by Crippen LogP contribution is -2.36. The second kappa shape index (κ2) is 6.27. The number of anilines is 1. The van der Waals surface area contributed by atoms with E-state index in [2.05, 4.69) is 10.6 Å². The highest BCUT2D eigenvalue weighted by molar-refractivity contribution is 7.80. The molecule has 0 aliphatic heterocycles. The third-order valence-electron chi connectivity index (χ3n) is 1.83. The number of hydrogen-bond acceptors (Lipinski definition) is 3. The average Bonchev–Trinajstić information content (AvgIpc) is 2.27. The summed E-state index contributed by atoms with van der Waals surface area (Å²) < 4.78 is 5.13. The Morgan fingerprint density at radius 2 is 2.29 bits per heavy atom. The number of benzene rings is 1. The molecule has 0 unspecified atom stereocenters. The number of nitrogens with two attached hydrogens (primary N) is 1. The molecule has 1 aromatic rings. The molecule has 0 aliphatic carbocycles. The zero-order valence-electron chi connectivity index (χ0n) is 9.12. The lowest BCUT2D eigenvalue weighted by atomic mass is 10.3. The summed E-state index contributed by atoms with van der Waals surface area (Å²) in [5.74, 6) is 0.102. The van der Waals surface area contributed by atoms with Crippen molar-refractivity contribution < 1.29 is 9.53 Å². The number of primary amides is 1. The van der Waals surface area contributed by atoms with Crippen LogP contribution in [0.15, 0.2) is 18.2 Å². The minimum atomic E-state index is -0.493. The fourth-order valence-electron chi connectivity index (χ4n) is 1.11. The van der Waals surface area contributed by atoms with Gasteiger partial charge in [0, 0.05) is 5.02 Å². The Bertz CT molecular complexity index is 440. The number of nitrogens with one attached hydrogen (secondary N) is 2. The Morgan fingerprint density at radius 3 is 2.88 bits per heavy atom. The largest absolute Gasteiger partial charge is 0.495 e. The first-order chi connectivity index (χ1) is 8.02. The van der Waals surface area contributed by atoms with Gasteiger partial charge in [0.15, 0.2) is 5.11 Å². The average molecular weight is 274 g/mol. The van der Waals surface area contributed by atoms with Gasteiger partial charge in [0.2, 0.25) is 5.91 Å². The van der Waals surface area contributed by atoms with E-state index < -0.39 is 5.91 Å². The molecule has 0 radical (unpaired) electrons. The minimum absolute atomic E-state index is 0.0330. The van der Waals surface area contributed by atoms with Gasteiger partial charge in [0.1, 0.15) is 5.75 Å². The molecular formula is C10H12ClN3O2S. The lowest BCUT2D eigenvalue weighted by molar-refractivity contribution is -0.116. The van der Waals surface area contributed by atoms with E-state index in [-0.39, 0.29) is 11.7 Å². The molecule has 0 saturated carbocycles. The fourth-order valence-corrected chi connectivity index (χ4v) is 1.47. The molecule has 1 amide bonds. The molecule has 0 fully saturated rings. The molecule has 1 aromatic carbocycles. The maximum absolute atomic E-state index is 10.6. The van der Waals surface area contributed by atoms with Crippen LogP contribution in [-0.4, -0.2) is 24.7 Å². The molecule has 0 saturated heterocycles. The minimum Gasteiger partial charge on any atom is -0.495 e. The molecular weight excluding hydrogens is 262 g/mol. The molecule has 17 heavy (non-hydrogen) atoms. The highest BCUT2D eigenvalue weighted by Gasteiger charge is 2.06. The van der Waals surface area contributed by atoms with Gasteiger partial charge in [-0.05, 0) is 30.4 Å². The van der Waals surface area contributed by atoms with Crippen molar-refractivity contribution in [2.24, 2.45) is 5.73 Å². The Morgan fingerprint density at radius 1 is 1.59 bits per heavy atom. The van der Waals surface area contributed by atoms with Gasteiger partial charge in [-0.2, -0.15) is 0 Å². The number of hydrogen-bond donors (Lipinski definition) is 3. The van der Waals surface area contributed by atoms with E-state index in [1.54, 1.807) is 18.2 Å². The quantitative estimate of drug-likeness (QED) is 0.717. The monoisotopic (exact) mass is 273 g/mol. The van der Waals surface area contributed by atoms with Crippen molar-refractivity contribution in [3.63, 3.8) is 0 Å². The number of carbonyl (C=O) groups is 1. The van der Waals surface area contributed by atoms with Gasteiger partial charge in [-0.25, -0.2) is 0 Å². The summed E-state index contributed by atoms with van der Waals surface area (Å²) in [5.41, 5.74) is 5.59. The zero-order valence-corrected chi connectivity index (χ0v) is 10.7. The van der Waals surface area contributed by atoms with Gasteiger partial charge < -0.3 is 21.1 Å². The van der Waals surface area contributed by atoms with Gasteiger partial charge in [-0.1, -0.05) is 11.6 Å². The van der Waals surface area contributed by atoms with Crippen molar-refractivity contribution in [3.05, 3.63) is 23.2 Å². The van der Waals surface area contributed by atoms with Crippen molar-refractivity contribution in [2.75, 3.05) is 19.0 Å². The van der Waals surface area contributed by atoms with Crippen LogP contribution in [0.25, 0.3) is 0 Å². The Hall–Kier alpha value is -1.53. The van der Waals surface area contributed by atoms with E-state index in [0.717, 1.165) is 0 Å². The smallest absolute Gasteiger partial charge is 0.236 e. The number of halogens is 1. The number of rotatable bonds is 4. The van der Waals surface area contributed by atoms with Crippen LogP contribution in [0, 0.1) is 0 Å². The number of amides is 1. The van der Waals surface area contributed by atoms with Crippen LogP contribution in [0.3, 0.4) is 0 Å². The van der Waals surface area contributed by atoms with E-state index in [1.807, 2.05) is 0 Å². The van der Waals surface area contributed by atoms with Crippen LogP contribution in [0.2, 0.25) is 5.02 Å². The SMILES string of the molecule is COc1ccc(Cl)cc1NC(=S)NCC(N)=O. The molecule has 0 spiro atoms. The van der Waals surface area contributed by atoms with Crippen molar-refractivity contribution in [1.82, 2.24) is 5.32 Å². The summed E-state index contributed by atoms with van der Waals surface area (Å²) in [4.78, 5) is 10.6. The fraction of sp³-hybridized carbons (Fsp3) is 0.200. The standard InChI is InChI=1S/C10H12ClN3O2S/c1-16-8-3-2-6(11)4-7(8)14-10(17)13-5-9(12)15/h2-4H,5H2,1H3,(H2,12,15)(H2,13,14,17). The predicted octanol–water partition coefficient (Wildman–Crippen LogP) is 1.12. The third-order valence-corrected chi connectivity index (χ3v) is 2.31. The van der Waals surface area contributed by atoms with Gasteiger partial charge in [0.25, 0.3) is 0 Å². The Labute approximate surface area is 109 Å². The summed E-state index contributed by atoms with van der Waals surface area (Å²) in [5, 5.41) is 6.32. The van der Waals surface area contributed by atoms with Crippen molar-refractivity contribution in [1.29, 1.82) is 0 Å². The van der Waals surface area contributed by atoms with E-state index >= 15 is 0 Å². The Balaban J connectivity index is 2.69. The number of ether oxygens (including phenoxy) is 1. The number of thiocarbonyl (C=S) groups is 1. The molecule has 0 atom stereocenters. The van der Waals surface area contributed by atoms with Crippen LogP contribution < -0.4 is 21.1 Å². The summed E-state index contributed by atoms with van der Waals surface area (Å²) in [6, 6.07) is 5.07. The molecule has 0 bridgehead atoms. The maximum atomic E-state index is 10.6. The molecule has 92 valence electrons. The van der Waals surface area contributed by atoms with E-state index in [4.69, 9.17) is 34.3 Å². The van der Waals surface area contributed by atoms with Crippen LogP contribution in [0.4, 0.5) is 5.69 Å². The molecule has 0 heterocycles. The van der Waals surface area contributed by atoms with E-state index in [1.165, 1.54) is 7.11 Å². The van der Waals surface area contributed by atoms with Gasteiger partial charge in [0.05, 0.1) is 19.3 Å². The first-order valence-corrected chi connectivity index (χ1v) is 5.48. The van der Waals surface area contributed by atoms with Gasteiger partial charge >= 0.3 is 0 Å². The normalized spacial score (nSPS) is 9.53. The van der Waals surface area contributed by atoms with Crippen LogP contribution >= 0.6 is 23.8 Å². The Kier molecular flexibility index (Phi) is 4.99. The molecule has 5 nitrogen and oxygen atoms in total. The van der Waals surface area contributed by atoms with Crippen molar-refractivity contribution in [3.8, 4) is 5.75 Å². The van der Waals surface area contributed by atoms with Crippen molar-refractivity contribution >= 4 is 40.5 Å². The molecule has 0 aliphatic rings. The second-order valence-electron chi connectivity index (χ2n) is 3.12. The number of carbonyl (C=O) groups excluding carboxylic acids is 1. The second-order valence-corrected chi connectivity index (χ2v) is 3.96. The van der Waals surface area contributed by atoms with Gasteiger partial charge in [-0.15, -0.1) is 0 Å². The van der Waals surface area contributed by atoms with E-state index in [9.17, 15) is 4.79 Å². The summed E-state index contributed by atoms with van der Waals surface area (Å²) in [6.45, 7) is -0.0330. The summed E-state index contributed by atoms with van der Waals surface area (Å²) >= 11 is 10.8. The summed E-state index contributed by atoms with van der Waals surface area (Å²) in [6.07, 6.45) is 0. The highest BCUT2D eigenvalue weighted by atomic mass is 35.5. The molecule has 0 aromatic heterocycles. The third kappa shape index (κ3) is 4.46. The maximum Gasteiger partial charge on any atom is 0.236 e.